The Hall–Kier alpha value is -3.11. The average Bonchev–Trinajstić information content (AvgIpc) is 3.51. The summed E-state index contributed by atoms with van der Waals surface area (Å²) in [5, 5.41) is 2.84. The molecule has 10 heteroatoms. The Bertz CT molecular complexity index is 1050. The van der Waals surface area contributed by atoms with Crippen LogP contribution in [0.5, 0.6) is 0 Å². The molecule has 1 amide bonds. The molecule has 3 N–H and O–H groups in total. The lowest BCUT2D eigenvalue weighted by Crippen LogP contribution is -2.27. The molecule has 0 radical (unpaired) electrons. The maximum Gasteiger partial charge on any atom is 0.273 e. The van der Waals surface area contributed by atoms with Crippen molar-refractivity contribution in [3.05, 3.63) is 54.9 Å². The van der Waals surface area contributed by atoms with Crippen molar-refractivity contribution in [3.63, 3.8) is 0 Å². The number of nitrogens with zero attached hydrogens (tertiary/aromatic N) is 5. The number of benzene rings is 1. The minimum atomic E-state index is -1.15. The Kier molecular flexibility index (Phi) is 6.68. The van der Waals surface area contributed by atoms with Gasteiger partial charge in [-0.25, -0.2) is 23.5 Å². The van der Waals surface area contributed by atoms with E-state index >= 15 is 0 Å². The minimum Gasteiger partial charge on any atom is -0.382 e. The Morgan fingerprint density at radius 1 is 1.19 bits per heavy atom. The lowest BCUT2D eigenvalue weighted by molar-refractivity contribution is 0.0948. The number of nitrogen functional groups attached to an aromatic ring is 1. The number of carbonyl (C=O) groups is 1. The largest absolute Gasteiger partial charge is 0.382 e. The Morgan fingerprint density at radius 3 is 2.68 bits per heavy atom. The molecule has 4 rings (SSSR count). The Morgan fingerprint density at radius 2 is 1.97 bits per heavy atom. The van der Waals surface area contributed by atoms with E-state index in [1.54, 1.807) is 12.5 Å². The SMILES string of the molecule is Nc1ncc(-c2ccc(S(=O)N3CCCC3)cc2)nc1C(=O)NCCCn1ccnc1. The number of carbonyl (C=O) groups excluding carboxylic acids is 1. The van der Waals surface area contributed by atoms with Gasteiger partial charge in [0.05, 0.1) is 23.1 Å². The number of anilines is 1. The second-order valence-electron chi connectivity index (χ2n) is 7.31. The molecule has 0 spiro atoms. The zero-order chi connectivity index (χ0) is 21.6. The average molecular weight is 440 g/mol. The van der Waals surface area contributed by atoms with Gasteiger partial charge in [0.2, 0.25) is 0 Å². The first-order chi connectivity index (χ1) is 15.1. The lowest BCUT2D eigenvalue weighted by atomic mass is 10.1. The third-order valence-electron chi connectivity index (χ3n) is 5.10. The lowest BCUT2D eigenvalue weighted by Gasteiger charge is -2.14. The normalized spacial score (nSPS) is 15.1. The molecule has 2 aromatic heterocycles. The summed E-state index contributed by atoms with van der Waals surface area (Å²) in [6, 6.07) is 7.35. The van der Waals surface area contributed by atoms with Gasteiger partial charge in [0.1, 0.15) is 11.0 Å². The van der Waals surface area contributed by atoms with Crippen molar-refractivity contribution in [2.24, 2.45) is 0 Å². The summed E-state index contributed by atoms with van der Waals surface area (Å²) in [4.78, 5) is 25.8. The van der Waals surface area contributed by atoms with Crippen molar-refractivity contribution in [2.45, 2.75) is 30.7 Å². The Labute approximate surface area is 183 Å². The van der Waals surface area contributed by atoms with E-state index in [9.17, 15) is 9.00 Å². The van der Waals surface area contributed by atoms with Crippen molar-refractivity contribution in [3.8, 4) is 11.3 Å². The highest BCUT2D eigenvalue weighted by atomic mass is 32.2. The van der Waals surface area contributed by atoms with E-state index in [4.69, 9.17) is 5.73 Å². The van der Waals surface area contributed by atoms with Crippen molar-refractivity contribution in [1.82, 2.24) is 29.1 Å². The van der Waals surface area contributed by atoms with E-state index in [2.05, 4.69) is 20.3 Å². The minimum absolute atomic E-state index is 0.0858. The number of rotatable bonds is 8. The van der Waals surface area contributed by atoms with Crippen LogP contribution >= 0.6 is 0 Å². The maximum absolute atomic E-state index is 12.6. The van der Waals surface area contributed by atoms with Crippen molar-refractivity contribution >= 4 is 22.7 Å². The molecule has 0 saturated carbocycles. The number of hydrogen-bond acceptors (Lipinski definition) is 6. The van der Waals surface area contributed by atoms with E-state index < -0.39 is 11.0 Å². The fourth-order valence-electron chi connectivity index (χ4n) is 3.42. The molecule has 0 aliphatic carbocycles. The van der Waals surface area contributed by atoms with Gasteiger partial charge in [-0.2, -0.15) is 0 Å². The van der Waals surface area contributed by atoms with Gasteiger partial charge < -0.3 is 15.6 Å². The number of nitrogens with two attached hydrogens (primary N) is 1. The van der Waals surface area contributed by atoms with E-state index in [0.29, 0.717) is 12.2 Å². The number of hydrogen-bond donors (Lipinski definition) is 2. The van der Waals surface area contributed by atoms with Crippen LogP contribution in [-0.2, 0) is 17.5 Å². The number of nitrogens with one attached hydrogen (secondary N) is 1. The van der Waals surface area contributed by atoms with E-state index in [-0.39, 0.29) is 17.4 Å². The topological polar surface area (TPSA) is 119 Å². The van der Waals surface area contributed by atoms with Crippen LogP contribution in [0.2, 0.25) is 0 Å². The zero-order valence-corrected chi connectivity index (χ0v) is 17.9. The smallest absolute Gasteiger partial charge is 0.273 e. The van der Waals surface area contributed by atoms with Crippen LogP contribution in [0.3, 0.4) is 0 Å². The molecule has 1 aromatic carbocycles. The molecule has 1 aliphatic heterocycles. The van der Waals surface area contributed by atoms with Crippen LogP contribution < -0.4 is 11.1 Å². The highest BCUT2D eigenvalue weighted by molar-refractivity contribution is 7.82. The first-order valence-electron chi connectivity index (χ1n) is 10.3. The molecule has 1 fully saturated rings. The predicted molar refractivity (Wildman–Crippen MR) is 118 cm³/mol. The van der Waals surface area contributed by atoms with E-state index in [1.807, 2.05) is 39.3 Å². The van der Waals surface area contributed by atoms with Crippen molar-refractivity contribution in [2.75, 3.05) is 25.4 Å². The predicted octanol–water partition coefficient (Wildman–Crippen LogP) is 1.86. The van der Waals surface area contributed by atoms with E-state index in [0.717, 1.165) is 49.4 Å². The van der Waals surface area contributed by atoms with Gasteiger partial charge >= 0.3 is 0 Å². The highest BCUT2D eigenvalue weighted by Gasteiger charge is 2.19. The Balaban J connectivity index is 1.40. The monoisotopic (exact) mass is 439 g/mol. The molecule has 9 nitrogen and oxygen atoms in total. The van der Waals surface area contributed by atoms with Crippen LogP contribution in [0.15, 0.2) is 54.1 Å². The van der Waals surface area contributed by atoms with Crippen LogP contribution in [0.1, 0.15) is 29.8 Å². The summed E-state index contributed by atoms with van der Waals surface area (Å²) in [5.74, 6) is -0.271. The van der Waals surface area contributed by atoms with Gasteiger partial charge in [0.15, 0.2) is 11.5 Å². The second kappa shape index (κ2) is 9.80. The van der Waals surface area contributed by atoms with Gasteiger partial charge in [0, 0.05) is 44.1 Å². The van der Waals surface area contributed by atoms with Crippen LogP contribution in [-0.4, -0.2) is 53.6 Å². The molecule has 0 bridgehead atoms. The van der Waals surface area contributed by atoms with Crippen LogP contribution in [0, 0.1) is 0 Å². The summed E-state index contributed by atoms with van der Waals surface area (Å²) in [6.45, 7) is 2.96. The third kappa shape index (κ3) is 5.15. The second-order valence-corrected chi connectivity index (χ2v) is 8.79. The standard InChI is InChI=1S/C21H25N7O2S/c22-20-19(21(29)24-8-3-10-27-13-9-23-15-27)26-18(14-25-20)16-4-6-17(7-5-16)31(30)28-11-1-2-12-28/h4-7,9,13-15H,1-3,8,10-12H2,(H2,22,25)(H,24,29). The molecule has 1 atom stereocenters. The van der Waals surface area contributed by atoms with Gasteiger partial charge in [-0.15, -0.1) is 0 Å². The third-order valence-corrected chi connectivity index (χ3v) is 6.61. The quantitative estimate of drug-likeness (QED) is 0.517. The fourth-order valence-corrected chi connectivity index (χ4v) is 4.67. The maximum atomic E-state index is 12.6. The van der Waals surface area contributed by atoms with Crippen LogP contribution in [0.4, 0.5) is 5.82 Å². The molecule has 1 aliphatic rings. The molecule has 1 saturated heterocycles. The first-order valence-corrected chi connectivity index (χ1v) is 11.4. The van der Waals surface area contributed by atoms with Crippen molar-refractivity contribution < 1.29 is 9.00 Å². The van der Waals surface area contributed by atoms with E-state index in [1.165, 1.54) is 6.20 Å². The molecular formula is C21H25N7O2S. The van der Waals surface area contributed by atoms with Gasteiger partial charge in [0.25, 0.3) is 5.91 Å². The molecule has 1 unspecified atom stereocenters. The number of imidazole rings is 1. The molecule has 162 valence electrons. The number of aryl methyl sites for hydroxylation is 1. The molecule has 3 aromatic rings. The summed E-state index contributed by atoms with van der Waals surface area (Å²) in [6.07, 6.45) is 9.79. The summed E-state index contributed by atoms with van der Waals surface area (Å²) in [5.41, 5.74) is 7.31. The fraction of sp³-hybridized carbons (Fsp3) is 0.333. The van der Waals surface area contributed by atoms with Crippen molar-refractivity contribution in [1.29, 1.82) is 0 Å². The molecule has 31 heavy (non-hydrogen) atoms. The van der Waals surface area contributed by atoms with Gasteiger partial charge in [-0.3, -0.25) is 4.79 Å². The summed E-state index contributed by atoms with van der Waals surface area (Å²) >= 11 is 0. The number of amides is 1. The summed E-state index contributed by atoms with van der Waals surface area (Å²) < 4.78 is 16.5. The molecule has 3 heterocycles. The number of aromatic nitrogens is 4. The van der Waals surface area contributed by atoms with Gasteiger partial charge in [-0.1, -0.05) is 12.1 Å². The zero-order valence-electron chi connectivity index (χ0n) is 17.1. The van der Waals surface area contributed by atoms with Crippen LogP contribution in [0.25, 0.3) is 11.3 Å². The first kappa shape index (κ1) is 21.1. The highest BCUT2D eigenvalue weighted by Crippen LogP contribution is 2.22. The summed E-state index contributed by atoms with van der Waals surface area (Å²) in [7, 11) is -1.15. The van der Waals surface area contributed by atoms with Gasteiger partial charge in [-0.05, 0) is 31.4 Å². The molecular weight excluding hydrogens is 414 g/mol.